The topological polar surface area (TPSA) is 98.2 Å². The highest BCUT2D eigenvalue weighted by atomic mass is 35.5. The summed E-state index contributed by atoms with van der Waals surface area (Å²) in [5, 5.41) is 8.52. The fraction of sp³-hybridized carbons (Fsp3) is 0. The third-order valence-electron chi connectivity index (χ3n) is 2.70. The van der Waals surface area contributed by atoms with Gasteiger partial charge in [0.25, 0.3) is 0 Å². The fourth-order valence-electron chi connectivity index (χ4n) is 1.68. The van der Waals surface area contributed by atoms with Crippen LogP contribution in [0.25, 0.3) is 0 Å². The summed E-state index contributed by atoms with van der Waals surface area (Å²) >= 11 is 11.0. The Morgan fingerprint density at radius 3 is 2.48 bits per heavy atom. The maximum atomic E-state index is 11.3. The van der Waals surface area contributed by atoms with Crippen LogP contribution in [0.1, 0.15) is 5.56 Å². The van der Waals surface area contributed by atoms with Crippen LogP contribution < -0.4 is 16.2 Å². The van der Waals surface area contributed by atoms with E-state index in [4.69, 9.17) is 34.7 Å². The summed E-state index contributed by atoms with van der Waals surface area (Å²) in [7, 11) is -3.75. The van der Waals surface area contributed by atoms with Crippen molar-refractivity contribution in [2.24, 2.45) is 10.9 Å². The van der Waals surface area contributed by atoms with E-state index in [0.717, 1.165) is 0 Å². The molecule has 110 valence electrons. The van der Waals surface area contributed by atoms with Gasteiger partial charge in [0.1, 0.15) is 4.99 Å². The zero-order valence-electron chi connectivity index (χ0n) is 10.7. The van der Waals surface area contributed by atoms with Gasteiger partial charge in [-0.1, -0.05) is 29.9 Å². The Hall–Kier alpha value is -1.67. The molecular formula is C13H12ClN3O2S2. The minimum absolute atomic E-state index is 0.0170. The molecule has 0 radical (unpaired) electrons. The number of sulfonamides is 1. The Morgan fingerprint density at radius 2 is 1.90 bits per heavy atom. The zero-order valence-corrected chi connectivity index (χ0v) is 13.1. The van der Waals surface area contributed by atoms with Gasteiger partial charge in [-0.25, -0.2) is 13.6 Å². The van der Waals surface area contributed by atoms with E-state index >= 15 is 0 Å². The van der Waals surface area contributed by atoms with Crippen molar-refractivity contribution < 1.29 is 8.42 Å². The van der Waals surface area contributed by atoms with E-state index in [1.807, 2.05) is 0 Å². The van der Waals surface area contributed by atoms with Gasteiger partial charge < -0.3 is 11.1 Å². The molecule has 21 heavy (non-hydrogen) atoms. The second-order valence-corrected chi connectivity index (χ2v) is 6.67. The average Bonchev–Trinajstić information content (AvgIpc) is 2.40. The third-order valence-corrected chi connectivity index (χ3v) is 4.15. The lowest BCUT2D eigenvalue weighted by atomic mass is 10.2. The molecule has 0 unspecified atom stereocenters. The molecule has 2 aromatic rings. The smallest absolute Gasteiger partial charge is 0.238 e. The highest BCUT2D eigenvalue weighted by molar-refractivity contribution is 7.89. The van der Waals surface area contributed by atoms with E-state index in [-0.39, 0.29) is 9.88 Å². The number of thiocarbonyl (C=S) groups is 1. The number of halogens is 1. The quantitative estimate of drug-likeness (QED) is 0.741. The van der Waals surface area contributed by atoms with Crippen molar-refractivity contribution in [2.75, 3.05) is 5.32 Å². The molecular weight excluding hydrogens is 330 g/mol. The monoisotopic (exact) mass is 341 g/mol. The van der Waals surface area contributed by atoms with Crippen molar-refractivity contribution in [3.63, 3.8) is 0 Å². The van der Waals surface area contributed by atoms with Gasteiger partial charge in [0.05, 0.1) is 15.6 Å². The van der Waals surface area contributed by atoms with Gasteiger partial charge >= 0.3 is 0 Å². The molecule has 0 aliphatic heterocycles. The van der Waals surface area contributed by atoms with Crippen LogP contribution in [0.3, 0.4) is 0 Å². The van der Waals surface area contributed by atoms with Gasteiger partial charge in [-0.3, -0.25) is 0 Å². The lowest BCUT2D eigenvalue weighted by Crippen LogP contribution is -2.12. The van der Waals surface area contributed by atoms with Crippen LogP contribution in [-0.2, 0) is 10.0 Å². The van der Waals surface area contributed by atoms with Crippen molar-refractivity contribution in [3.05, 3.63) is 53.1 Å². The number of anilines is 2. The Kier molecular flexibility index (Phi) is 4.48. The van der Waals surface area contributed by atoms with Gasteiger partial charge in [0, 0.05) is 11.3 Å². The summed E-state index contributed by atoms with van der Waals surface area (Å²) < 4.78 is 22.6. The minimum atomic E-state index is -3.75. The van der Waals surface area contributed by atoms with E-state index in [1.54, 1.807) is 30.3 Å². The van der Waals surface area contributed by atoms with Crippen LogP contribution in [-0.4, -0.2) is 13.4 Å². The summed E-state index contributed by atoms with van der Waals surface area (Å²) in [6, 6.07) is 11.2. The van der Waals surface area contributed by atoms with Crippen molar-refractivity contribution in [1.29, 1.82) is 0 Å². The van der Waals surface area contributed by atoms with Crippen LogP contribution in [0.4, 0.5) is 11.4 Å². The third kappa shape index (κ3) is 3.92. The van der Waals surface area contributed by atoms with Gasteiger partial charge in [-0.2, -0.15) is 0 Å². The summed E-state index contributed by atoms with van der Waals surface area (Å²) in [5.74, 6) is 0. The van der Waals surface area contributed by atoms with Gasteiger partial charge in [-0.05, 0) is 36.4 Å². The van der Waals surface area contributed by atoms with Crippen LogP contribution >= 0.6 is 23.8 Å². The second kappa shape index (κ2) is 5.98. The molecule has 0 spiro atoms. The molecule has 0 atom stereocenters. The van der Waals surface area contributed by atoms with Gasteiger partial charge in [0.15, 0.2) is 0 Å². The zero-order chi connectivity index (χ0) is 15.6. The van der Waals surface area contributed by atoms with Gasteiger partial charge in [-0.15, -0.1) is 0 Å². The standard InChI is InChI=1S/C13H12ClN3O2S2/c14-11-6-8(13(15)20)4-5-12(11)17-9-2-1-3-10(7-9)21(16,18)19/h1-7,17H,(H2,15,20)(H2,16,18,19). The Morgan fingerprint density at radius 1 is 1.19 bits per heavy atom. The molecule has 5 N–H and O–H groups in total. The summed E-state index contributed by atoms with van der Waals surface area (Å²) in [6.45, 7) is 0. The maximum Gasteiger partial charge on any atom is 0.238 e. The second-order valence-electron chi connectivity index (χ2n) is 4.26. The molecule has 0 amide bonds. The molecule has 2 rings (SSSR count). The molecule has 0 bridgehead atoms. The average molecular weight is 342 g/mol. The van der Waals surface area contributed by atoms with E-state index in [2.05, 4.69) is 5.32 Å². The maximum absolute atomic E-state index is 11.3. The lowest BCUT2D eigenvalue weighted by Gasteiger charge is -2.10. The predicted octanol–water partition coefficient (Wildman–Crippen LogP) is 2.37. The molecule has 0 heterocycles. The normalized spacial score (nSPS) is 11.1. The van der Waals surface area contributed by atoms with E-state index < -0.39 is 10.0 Å². The first-order chi connectivity index (χ1) is 9.77. The number of nitrogens with one attached hydrogen (secondary N) is 1. The molecule has 0 saturated carbocycles. The van der Waals surface area contributed by atoms with E-state index in [9.17, 15) is 8.42 Å². The largest absolute Gasteiger partial charge is 0.389 e. The van der Waals surface area contributed by atoms with Crippen molar-refractivity contribution in [1.82, 2.24) is 0 Å². The molecule has 0 aliphatic rings. The summed E-state index contributed by atoms with van der Waals surface area (Å²) in [6.07, 6.45) is 0. The first-order valence-electron chi connectivity index (χ1n) is 5.76. The Bertz CT molecular complexity index is 807. The van der Waals surface area contributed by atoms with Crippen molar-refractivity contribution >= 4 is 50.2 Å². The van der Waals surface area contributed by atoms with E-state index in [1.165, 1.54) is 12.1 Å². The molecule has 0 aromatic heterocycles. The van der Waals surface area contributed by atoms with Crippen LogP contribution in [0.15, 0.2) is 47.4 Å². The van der Waals surface area contributed by atoms with Crippen LogP contribution in [0, 0.1) is 0 Å². The molecule has 2 aromatic carbocycles. The molecule has 8 heteroatoms. The molecule has 5 nitrogen and oxygen atoms in total. The van der Waals surface area contributed by atoms with Crippen molar-refractivity contribution in [2.45, 2.75) is 4.90 Å². The number of rotatable bonds is 4. The van der Waals surface area contributed by atoms with Crippen LogP contribution in [0.5, 0.6) is 0 Å². The van der Waals surface area contributed by atoms with Crippen molar-refractivity contribution in [3.8, 4) is 0 Å². The highest BCUT2D eigenvalue weighted by Crippen LogP contribution is 2.27. The molecule has 0 saturated heterocycles. The summed E-state index contributed by atoms with van der Waals surface area (Å²) in [5.41, 5.74) is 7.32. The molecule has 0 aliphatic carbocycles. The predicted molar refractivity (Wildman–Crippen MR) is 88.4 cm³/mol. The van der Waals surface area contributed by atoms with E-state index in [0.29, 0.717) is 22.0 Å². The van der Waals surface area contributed by atoms with Gasteiger partial charge in [0.2, 0.25) is 10.0 Å². The number of hydrogen-bond donors (Lipinski definition) is 3. The fourth-order valence-corrected chi connectivity index (χ4v) is 2.59. The number of primary sulfonamides is 1. The minimum Gasteiger partial charge on any atom is -0.389 e. The first kappa shape index (κ1) is 15.7. The number of hydrogen-bond acceptors (Lipinski definition) is 4. The number of benzene rings is 2. The molecule has 0 fully saturated rings. The summed E-state index contributed by atoms with van der Waals surface area (Å²) in [4.78, 5) is 0.267. The number of nitrogens with two attached hydrogens (primary N) is 2. The highest BCUT2D eigenvalue weighted by Gasteiger charge is 2.09. The first-order valence-corrected chi connectivity index (χ1v) is 8.10. The Labute approximate surface area is 133 Å². The van der Waals surface area contributed by atoms with Crippen LogP contribution in [0.2, 0.25) is 5.02 Å². The Balaban J connectivity index is 2.33. The SMILES string of the molecule is NC(=S)c1ccc(Nc2cccc(S(N)(=O)=O)c2)c(Cl)c1. The lowest BCUT2D eigenvalue weighted by molar-refractivity contribution is 0.598.